The average molecular weight is 380 g/mol. The van der Waals surface area contributed by atoms with Crippen LogP contribution in [0.15, 0.2) is 42.7 Å². The SMILES string of the molecule is CCOC(=O)[C@@]1(Cc2ccccc2)C[C@H]2CC[C@@H]1N2Cc1nccn1C1CC1. The molecule has 3 fully saturated rings. The molecule has 0 unspecified atom stereocenters. The standard InChI is InChI=1S/C23H29N3O2/c1-2-28-22(27)23(14-17-6-4-3-5-7-17)15-19-10-11-20(23)26(19)16-21-24-12-13-25(21)18-8-9-18/h3-7,12-13,18-20H,2,8-11,14-16H2,1H3/t19-,20+,23+/m1/s1. The molecular weight excluding hydrogens is 350 g/mol. The van der Waals surface area contributed by atoms with Crippen LogP contribution >= 0.6 is 0 Å². The van der Waals surface area contributed by atoms with Gasteiger partial charge in [0.1, 0.15) is 5.82 Å². The summed E-state index contributed by atoms with van der Waals surface area (Å²) in [5, 5.41) is 0. The maximum Gasteiger partial charge on any atom is 0.314 e. The van der Waals surface area contributed by atoms with Gasteiger partial charge in [-0.25, -0.2) is 4.98 Å². The van der Waals surface area contributed by atoms with Gasteiger partial charge in [-0.1, -0.05) is 30.3 Å². The third kappa shape index (κ3) is 2.96. The minimum Gasteiger partial charge on any atom is -0.466 e. The Bertz CT molecular complexity index is 845. The van der Waals surface area contributed by atoms with Crippen molar-refractivity contribution >= 4 is 5.97 Å². The van der Waals surface area contributed by atoms with Crippen LogP contribution < -0.4 is 0 Å². The Morgan fingerprint density at radius 2 is 1.96 bits per heavy atom. The number of fused-ring (bicyclic) bond motifs is 2. The summed E-state index contributed by atoms with van der Waals surface area (Å²) < 4.78 is 7.97. The zero-order valence-corrected chi connectivity index (χ0v) is 16.6. The van der Waals surface area contributed by atoms with Gasteiger partial charge in [-0.05, 0) is 51.0 Å². The van der Waals surface area contributed by atoms with E-state index in [1.54, 1.807) is 0 Å². The molecule has 3 heterocycles. The van der Waals surface area contributed by atoms with Gasteiger partial charge in [0, 0.05) is 30.5 Å². The Morgan fingerprint density at radius 1 is 1.18 bits per heavy atom. The predicted molar refractivity (Wildman–Crippen MR) is 107 cm³/mol. The summed E-state index contributed by atoms with van der Waals surface area (Å²) in [5.41, 5.74) is 0.791. The van der Waals surface area contributed by atoms with Crippen molar-refractivity contribution in [3.63, 3.8) is 0 Å². The smallest absolute Gasteiger partial charge is 0.314 e. The minimum absolute atomic E-state index is 0.0124. The van der Waals surface area contributed by atoms with Crippen molar-refractivity contribution in [3.05, 3.63) is 54.1 Å². The first-order valence-electron chi connectivity index (χ1n) is 10.7. The number of nitrogens with zero attached hydrogens (tertiary/aromatic N) is 3. The van der Waals surface area contributed by atoms with E-state index in [9.17, 15) is 4.79 Å². The molecule has 2 aromatic rings. The number of carbonyl (C=O) groups is 1. The molecular formula is C23H29N3O2. The zero-order chi connectivity index (χ0) is 19.1. The second-order valence-corrected chi connectivity index (χ2v) is 8.64. The molecule has 3 atom stereocenters. The molecule has 0 amide bonds. The van der Waals surface area contributed by atoms with E-state index in [0.29, 0.717) is 18.7 Å². The maximum absolute atomic E-state index is 13.2. The molecule has 0 radical (unpaired) electrons. The third-order valence-electron chi connectivity index (χ3n) is 6.94. The summed E-state index contributed by atoms with van der Waals surface area (Å²) in [5.74, 6) is 1.14. The average Bonchev–Trinajstić information content (AvgIpc) is 3.23. The van der Waals surface area contributed by atoms with E-state index >= 15 is 0 Å². The number of hydrogen-bond donors (Lipinski definition) is 0. The minimum atomic E-state index is -0.433. The summed E-state index contributed by atoms with van der Waals surface area (Å²) >= 11 is 0. The van der Waals surface area contributed by atoms with E-state index in [0.717, 1.165) is 31.6 Å². The van der Waals surface area contributed by atoms with E-state index in [-0.39, 0.29) is 12.0 Å². The van der Waals surface area contributed by atoms with Gasteiger partial charge in [0.15, 0.2) is 0 Å². The lowest BCUT2D eigenvalue weighted by atomic mass is 9.70. The third-order valence-corrected chi connectivity index (χ3v) is 6.94. The lowest BCUT2D eigenvalue weighted by Gasteiger charge is -2.35. The Hall–Kier alpha value is -2.14. The van der Waals surface area contributed by atoms with E-state index in [1.165, 1.54) is 24.8 Å². The van der Waals surface area contributed by atoms with Crippen molar-refractivity contribution < 1.29 is 9.53 Å². The monoisotopic (exact) mass is 379 g/mol. The van der Waals surface area contributed by atoms with Crippen LogP contribution in [0, 0.1) is 5.41 Å². The van der Waals surface area contributed by atoms with Crippen molar-refractivity contribution in [1.82, 2.24) is 14.5 Å². The predicted octanol–water partition coefficient (Wildman–Crippen LogP) is 3.75. The molecule has 1 saturated carbocycles. The van der Waals surface area contributed by atoms with Crippen LogP contribution in [0.2, 0.25) is 0 Å². The molecule has 2 bridgehead atoms. The molecule has 2 saturated heterocycles. The van der Waals surface area contributed by atoms with E-state index in [2.05, 4.69) is 44.9 Å². The maximum atomic E-state index is 13.2. The highest BCUT2D eigenvalue weighted by Crippen LogP contribution is 2.53. The summed E-state index contributed by atoms with van der Waals surface area (Å²) in [6.45, 7) is 3.19. The fourth-order valence-corrected chi connectivity index (χ4v) is 5.58. The quantitative estimate of drug-likeness (QED) is 0.688. The van der Waals surface area contributed by atoms with Crippen LogP contribution in [0.3, 0.4) is 0 Å². The lowest BCUT2D eigenvalue weighted by Crippen LogP contribution is -2.46. The highest BCUT2D eigenvalue weighted by molar-refractivity contribution is 5.79. The van der Waals surface area contributed by atoms with E-state index in [4.69, 9.17) is 4.74 Å². The van der Waals surface area contributed by atoms with E-state index < -0.39 is 5.41 Å². The van der Waals surface area contributed by atoms with Gasteiger partial charge in [-0.2, -0.15) is 0 Å². The number of carbonyl (C=O) groups excluding carboxylic acids is 1. The van der Waals surface area contributed by atoms with Crippen molar-refractivity contribution in [3.8, 4) is 0 Å². The van der Waals surface area contributed by atoms with Crippen molar-refractivity contribution in [1.29, 1.82) is 0 Å². The Balaban J connectivity index is 1.43. The Labute approximate surface area is 166 Å². The topological polar surface area (TPSA) is 47.4 Å². The molecule has 5 heteroatoms. The van der Waals surface area contributed by atoms with Gasteiger partial charge >= 0.3 is 5.97 Å². The van der Waals surface area contributed by atoms with E-state index in [1.807, 2.05) is 19.2 Å². The van der Waals surface area contributed by atoms with Gasteiger partial charge in [-0.3, -0.25) is 9.69 Å². The van der Waals surface area contributed by atoms with Crippen molar-refractivity contribution in [2.45, 2.75) is 70.1 Å². The molecule has 1 aromatic heterocycles. The number of aromatic nitrogens is 2. The highest BCUT2D eigenvalue weighted by atomic mass is 16.5. The molecule has 2 aliphatic heterocycles. The Morgan fingerprint density at radius 3 is 2.71 bits per heavy atom. The van der Waals surface area contributed by atoms with Gasteiger partial charge in [0.05, 0.1) is 18.6 Å². The Kier molecular flexibility index (Phi) is 4.50. The first-order valence-corrected chi connectivity index (χ1v) is 10.7. The highest BCUT2D eigenvalue weighted by Gasteiger charge is 2.60. The first kappa shape index (κ1) is 17.9. The molecule has 3 aliphatic rings. The lowest BCUT2D eigenvalue weighted by molar-refractivity contribution is -0.157. The first-order chi connectivity index (χ1) is 13.7. The second-order valence-electron chi connectivity index (χ2n) is 8.64. The van der Waals surface area contributed by atoms with Crippen molar-refractivity contribution in [2.24, 2.45) is 5.41 Å². The molecule has 1 aliphatic carbocycles. The van der Waals surface area contributed by atoms with Gasteiger partial charge in [0.2, 0.25) is 0 Å². The van der Waals surface area contributed by atoms with Crippen LogP contribution in [0.1, 0.15) is 56.5 Å². The molecule has 0 spiro atoms. The molecule has 148 valence electrons. The summed E-state index contributed by atoms with van der Waals surface area (Å²) in [7, 11) is 0. The molecule has 0 N–H and O–H groups in total. The number of rotatable bonds is 7. The molecule has 28 heavy (non-hydrogen) atoms. The van der Waals surface area contributed by atoms with Crippen LogP contribution in [-0.4, -0.2) is 39.1 Å². The number of imidazole rings is 1. The molecule has 5 rings (SSSR count). The van der Waals surface area contributed by atoms with Crippen LogP contribution in [0.4, 0.5) is 0 Å². The molecule has 1 aromatic carbocycles. The van der Waals surface area contributed by atoms with Gasteiger partial charge in [0.25, 0.3) is 0 Å². The second kappa shape index (κ2) is 7.03. The zero-order valence-electron chi connectivity index (χ0n) is 16.6. The van der Waals surface area contributed by atoms with Gasteiger partial charge in [-0.15, -0.1) is 0 Å². The fourth-order valence-electron chi connectivity index (χ4n) is 5.58. The van der Waals surface area contributed by atoms with Crippen molar-refractivity contribution in [2.75, 3.05) is 6.61 Å². The molecule has 5 nitrogen and oxygen atoms in total. The number of esters is 1. The van der Waals surface area contributed by atoms with Crippen LogP contribution in [0.25, 0.3) is 0 Å². The summed E-state index contributed by atoms with van der Waals surface area (Å²) in [6, 6.07) is 11.7. The normalized spacial score (nSPS) is 29.3. The summed E-state index contributed by atoms with van der Waals surface area (Å²) in [4.78, 5) is 20.4. The fraction of sp³-hybridized carbons (Fsp3) is 0.565. The number of hydrogen-bond acceptors (Lipinski definition) is 4. The van der Waals surface area contributed by atoms with Gasteiger partial charge < -0.3 is 9.30 Å². The summed E-state index contributed by atoms with van der Waals surface area (Å²) in [6.07, 6.45) is 10.5. The largest absolute Gasteiger partial charge is 0.466 e. The number of ether oxygens (including phenoxy) is 1. The van der Waals surface area contributed by atoms with Crippen LogP contribution in [0.5, 0.6) is 0 Å². The number of benzene rings is 1. The van der Waals surface area contributed by atoms with Crippen LogP contribution in [-0.2, 0) is 22.5 Å².